The van der Waals surface area contributed by atoms with Gasteiger partial charge in [-0.3, -0.25) is 28.8 Å². The maximum absolute atomic E-state index is 14.7. The van der Waals surface area contributed by atoms with Gasteiger partial charge in [0.05, 0.1) is 31.7 Å². The van der Waals surface area contributed by atoms with Gasteiger partial charge >= 0.3 is 5.97 Å². The lowest BCUT2D eigenvalue weighted by Crippen LogP contribution is -2.58. The number of carbonyl (C=O) groups excluding carboxylic acids is 7. The zero-order chi connectivity index (χ0) is 44.8. The van der Waals surface area contributed by atoms with E-state index in [9.17, 15) is 33.6 Å². The lowest BCUT2D eigenvalue weighted by molar-refractivity contribution is -0.159. The Hall–Kier alpha value is -5.35. The van der Waals surface area contributed by atoms with Crippen molar-refractivity contribution in [3.8, 4) is 5.75 Å². The lowest BCUT2D eigenvalue weighted by atomic mass is 9.83. The average Bonchev–Trinajstić information content (AvgIpc) is 3.68. The van der Waals surface area contributed by atoms with E-state index in [0.29, 0.717) is 37.2 Å². The molecule has 1 saturated carbocycles. The third kappa shape index (κ3) is 13.8. The summed E-state index contributed by atoms with van der Waals surface area (Å²) in [6.07, 6.45) is 4.63. The Morgan fingerprint density at radius 2 is 1.68 bits per heavy atom. The quantitative estimate of drug-likeness (QED) is 0.169. The van der Waals surface area contributed by atoms with Crippen molar-refractivity contribution in [1.29, 1.82) is 0 Å². The van der Waals surface area contributed by atoms with Gasteiger partial charge in [-0.25, -0.2) is 4.79 Å². The van der Waals surface area contributed by atoms with E-state index in [2.05, 4.69) is 21.3 Å². The van der Waals surface area contributed by atoms with Crippen molar-refractivity contribution in [2.24, 2.45) is 5.92 Å². The number of Topliss-reactive ketones (excluding diaryl/α,β-unsaturated/α-hetero) is 1. The predicted octanol–water partition coefficient (Wildman–Crippen LogP) is 3.59. The molecule has 5 amide bonds. The van der Waals surface area contributed by atoms with E-state index >= 15 is 0 Å². The van der Waals surface area contributed by atoms with Crippen molar-refractivity contribution < 1.29 is 52.5 Å². The van der Waals surface area contributed by atoms with Crippen LogP contribution >= 0.6 is 0 Å². The molecule has 5 rings (SSSR count). The van der Waals surface area contributed by atoms with Crippen LogP contribution in [0.4, 0.5) is 0 Å². The molecule has 0 aromatic heterocycles. The van der Waals surface area contributed by atoms with Crippen LogP contribution in [0.25, 0.3) is 0 Å². The molecule has 2 aliphatic heterocycles. The number of hydrogen-bond donors (Lipinski definition) is 4. The number of amides is 5. The second kappa shape index (κ2) is 22.7. The smallest absolute Gasteiger partial charge is 0.333 e. The highest BCUT2D eigenvalue weighted by molar-refractivity contribution is 6.38. The van der Waals surface area contributed by atoms with Crippen LogP contribution in [0.2, 0.25) is 0 Å². The summed E-state index contributed by atoms with van der Waals surface area (Å²) in [5.41, 5.74) is 0.355. The molecule has 338 valence electrons. The number of benzene rings is 2. The number of ketones is 1. The minimum Gasteiger partial charge on any atom is -0.494 e. The number of fused-ring (bicyclic) bond motifs is 4. The fraction of sp³-hybridized carbons (Fsp3) is 0.587. The van der Waals surface area contributed by atoms with Crippen molar-refractivity contribution in [2.75, 3.05) is 26.8 Å². The lowest BCUT2D eigenvalue weighted by Gasteiger charge is -2.35. The molecule has 0 radical (unpaired) electrons. The maximum Gasteiger partial charge on any atom is 0.333 e. The largest absolute Gasteiger partial charge is 0.494 e. The summed E-state index contributed by atoms with van der Waals surface area (Å²) in [4.78, 5) is 97.2. The van der Waals surface area contributed by atoms with Crippen LogP contribution in [0, 0.1) is 5.92 Å². The van der Waals surface area contributed by atoms with Gasteiger partial charge in [0.1, 0.15) is 23.4 Å². The Labute approximate surface area is 363 Å². The molecule has 3 aliphatic rings. The second-order valence-corrected chi connectivity index (χ2v) is 17.3. The van der Waals surface area contributed by atoms with Gasteiger partial charge in [0.15, 0.2) is 12.3 Å². The van der Waals surface area contributed by atoms with Crippen molar-refractivity contribution >= 4 is 41.3 Å². The van der Waals surface area contributed by atoms with Gasteiger partial charge in [0, 0.05) is 26.5 Å². The van der Waals surface area contributed by atoms with Gasteiger partial charge in [-0.15, -0.1) is 0 Å². The second-order valence-electron chi connectivity index (χ2n) is 17.3. The molecular formula is C46H63N5O11. The Kier molecular flexibility index (Phi) is 17.4. The zero-order valence-electron chi connectivity index (χ0n) is 36.6. The number of nitrogens with one attached hydrogen (secondary N) is 4. The minimum absolute atomic E-state index is 0.0248. The Balaban J connectivity index is 1.31. The third-order valence-electron chi connectivity index (χ3n) is 11.2. The van der Waals surface area contributed by atoms with E-state index in [-0.39, 0.29) is 37.6 Å². The number of esters is 1. The Morgan fingerprint density at radius 3 is 2.37 bits per heavy atom. The summed E-state index contributed by atoms with van der Waals surface area (Å²) in [6.45, 7) is 6.65. The number of carbonyl (C=O) groups is 7. The van der Waals surface area contributed by atoms with Gasteiger partial charge in [-0.2, -0.15) is 0 Å². The Morgan fingerprint density at radius 1 is 0.935 bits per heavy atom. The van der Waals surface area contributed by atoms with Crippen molar-refractivity contribution in [3.63, 3.8) is 0 Å². The first-order valence-corrected chi connectivity index (χ1v) is 21.8. The first-order valence-electron chi connectivity index (χ1n) is 21.8. The van der Waals surface area contributed by atoms with Crippen LogP contribution in [-0.2, 0) is 54.2 Å². The maximum atomic E-state index is 14.7. The molecule has 2 unspecified atom stereocenters. The van der Waals surface area contributed by atoms with E-state index in [1.54, 1.807) is 58.0 Å². The van der Waals surface area contributed by atoms with E-state index in [0.717, 1.165) is 37.7 Å². The fourth-order valence-corrected chi connectivity index (χ4v) is 8.19. The van der Waals surface area contributed by atoms with Crippen molar-refractivity contribution in [1.82, 2.24) is 26.2 Å². The summed E-state index contributed by atoms with van der Waals surface area (Å²) >= 11 is 0. The zero-order valence-corrected chi connectivity index (χ0v) is 36.6. The topological polar surface area (TPSA) is 208 Å². The van der Waals surface area contributed by atoms with Gasteiger partial charge < -0.3 is 45.1 Å². The number of ether oxygens (including phenoxy) is 4. The van der Waals surface area contributed by atoms with Gasteiger partial charge in [-0.05, 0) is 75.6 Å². The Bertz CT molecular complexity index is 1880. The molecule has 2 aromatic carbocycles. The summed E-state index contributed by atoms with van der Waals surface area (Å²) in [5, 5.41) is 10.7. The molecule has 1 aliphatic carbocycles. The highest BCUT2D eigenvalue weighted by Crippen LogP contribution is 2.31. The van der Waals surface area contributed by atoms with Crippen LogP contribution in [0.15, 0.2) is 54.6 Å². The highest BCUT2D eigenvalue weighted by atomic mass is 16.7. The SMILES string of the molecule is CCC[C@H](NC(=O)C1C[C@@H]2CN1C(=O)[C@@H](C1CCCCC1)NC(=O)Cc1cccc(c1)OCCCC(OC)O2)C(=O)C(=O)NCC(=O)N[C@H](C(=O)OC(C)(C)C)c1ccccc1. The molecule has 6 atom stereocenters. The van der Waals surface area contributed by atoms with E-state index in [1.807, 2.05) is 24.3 Å². The first kappa shape index (κ1) is 47.7. The van der Waals surface area contributed by atoms with Crippen LogP contribution < -0.4 is 26.0 Å². The highest BCUT2D eigenvalue weighted by Gasteiger charge is 2.46. The van der Waals surface area contributed by atoms with E-state index in [4.69, 9.17) is 18.9 Å². The molecule has 4 N–H and O–H groups in total. The molecule has 62 heavy (non-hydrogen) atoms. The van der Waals surface area contributed by atoms with Crippen molar-refractivity contribution in [3.05, 3.63) is 65.7 Å². The van der Waals surface area contributed by atoms with Crippen LogP contribution in [0.5, 0.6) is 5.75 Å². The molecule has 16 nitrogen and oxygen atoms in total. The third-order valence-corrected chi connectivity index (χ3v) is 11.2. The molecule has 1 saturated heterocycles. The summed E-state index contributed by atoms with van der Waals surface area (Å²) in [5.74, 6) is -4.49. The number of methoxy groups -OCH3 is 1. The van der Waals surface area contributed by atoms with Crippen LogP contribution in [0.1, 0.15) is 109 Å². The molecular weight excluding hydrogens is 799 g/mol. The first-order chi connectivity index (χ1) is 29.6. The number of hydrogen-bond acceptors (Lipinski definition) is 11. The number of rotatable bonds is 13. The minimum atomic E-state index is -1.28. The normalized spacial score (nSPS) is 22.5. The molecule has 2 fully saturated rings. The van der Waals surface area contributed by atoms with E-state index in [1.165, 1.54) is 12.0 Å². The van der Waals surface area contributed by atoms with Crippen molar-refractivity contribution in [2.45, 2.75) is 140 Å². The monoisotopic (exact) mass is 861 g/mol. The average molecular weight is 862 g/mol. The summed E-state index contributed by atoms with van der Waals surface area (Å²) in [6, 6.07) is 11.3. The summed E-state index contributed by atoms with van der Waals surface area (Å²) in [7, 11) is 1.52. The molecule has 4 bridgehead atoms. The van der Waals surface area contributed by atoms with Gasteiger partial charge in [0.25, 0.3) is 5.91 Å². The summed E-state index contributed by atoms with van der Waals surface area (Å²) < 4.78 is 23.5. The van der Waals surface area contributed by atoms with Crippen LogP contribution in [-0.4, -0.2) is 109 Å². The molecule has 16 heteroatoms. The molecule has 0 spiro atoms. The molecule has 2 aromatic rings. The van der Waals surface area contributed by atoms with E-state index < -0.39 is 84.1 Å². The van der Waals surface area contributed by atoms with Crippen LogP contribution in [0.3, 0.4) is 0 Å². The van der Waals surface area contributed by atoms with Gasteiger partial charge in [0.2, 0.25) is 29.4 Å². The standard InChI is InChI=1S/C46H63N5O11/c1-6-15-34(41(54)43(56)47-27-37(53)50-40(31-19-11-8-12-20-31)45(58)62-46(2,3)4)48-42(55)35-26-33-28-51(35)44(57)39(30-17-9-7-10-18-30)49-36(52)25-29-16-13-21-32(24-29)60-23-14-22-38(59-5)61-33/h8,11-13,16,19-21,24,30,33-35,38-40H,6-7,9-10,14-15,17-18,22-23,25-28H2,1-5H3,(H,47,56)(H,48,55)(H,49,52)(H,50,53)/t33-,34+,35?,38?,39-,40+/m1/s1. The predicted molar refractivity (Wildman–Crippen MR) is 227 cm³/mol. The fourth-order valence-electron chi connectivity index (χ4n) is 8.19. The molecule has 2 heterocycles. The van der Waals surface area contributed by atoms with Gasteiger partial charge in [-0.1, -0.05) is 75.1 Å². The number of nitrogens with zero attached hydrogens (tertiary/aromatic N) is 1.